The Hall–Kier alpha value is -2.57. The first kappa shape index (κ1) is 14.8. The summed E-state index contributed by atoms with van der Waals surface area (Å²) in [6, 6.07) is 2.12. The molecule has 0 aromatic heterocycles. The number of nitrogens with one attached hydrogen (secondary N) is 2. The molecule has 21 heavy (non-hydrogen) atoms. The van der Waals surface area contributed by atoms with Gasteiger partial charge in [-0.1, -0.05) is 6.92 Å². The summed E-state index contributed by atoms with van der Waals surface area (Å²) in [5.74, 6) is -0.911. The second-order valence-corrected chi connectivity index (χ2v) is 4.35. The summed E-state index contributed by atoms with van der Waals surface area (Å²) < 4.78 is 24.4. The van der Waals surface area contributed by atoms with Crippen molar-refractivity contribution in [2.45, 2.75) is 13.3 Å². The fourth-order valence-electron chi connectivity index (χ4n) is 1.82. The highest BCUT2D eigenvalue weighted by atomic mass is 19.1. The third-order valence-electron chi connectivity index (χ3n) is 2.73. The number of methoxy groups -OCH3 is 1. The smallest absolute Gasteiger partial charge is 0.326 e. The zero-order valence-corrected chi connectivity index (χ0v) is 11.7. The zero-order chi connectivity index (χ0) is 15.4. The van der Waals surface area contributed by atoms with E-state index in [1.807, 2.05) is 6.92 Å². The van der Waals surface area contributed by atoms with Gasteiger partial charge in [0, 0.05) is 0 Å². The van der Waals surface area contributed by atoms with Crippen molar-refractivity contribution in [3.8, 4) is 11.5 Å². The predicted molar refractivity (Wildman–Crippen MR) is 73.4 cm³/mol. The Bertz CT molecular complexity index is 613. The number of imide groups is 1. The van der Waals surface area contributed by atoms with Crippen molar-refractivity contribution in [3.63, 3.8) is 0 Å². The zero-order valence-electron chi connectivity index (χ0n) is 11.7. The fraction of sp³-hybridized carbons (Fsp3) is 0.286. The molecule has 7 heteroatoms. The quantitative estimate of drug-likeness (QED) is 0.641. The largest absolute Gasteiger partial charge is 0.493 e. The summed E-state index contributed by atoms with van der Waals surface area (Å²) in [5.41, 5.74) is 0.421. The first-order chi connectivity index (χ1) is 10.0. The molecule has 1 heterocycles. The van der Waals surface area contributed by atoms with E-state index in [-0.39, 0.29) is 17.2 Å². The molecule has 2 rings (SSSR count). The summed E-state index contributed by atoms with van der Waals surface area (Å²) in [6.45, 7) is 2.27. The molecule has 0 bridgehead atoms. The van der Waals surface area contributed by atoms with Gasteiger partial charge in [-0.3, -0.25) is 10.1 Å². The minimum absolute atomic E-state index is 0.0291. The molecule has 2 N–H and O–H groups in total. The number of carbonyl (C=O) groups excluding carboxylic acids is 2. The molecule has 1 aromatic rings. The Morgan fingerprint density at radius 1 is 1.29 bits per heavy atom. The molecule has 3 amide bonds. The molecule has 1 saturated heterocycles. The van der Waals surface area contributed by atoms with Crippen LogP contribution in [-0.2, 0) is 4.79 Å². The molecule has 0 aliphatic carbocycles. The summed E-state index contributed by atoms with van der Waals surface area (Å²) in [6.07, 6.45) is 2.09. The van der Waals surface area contributed by atoms with Gasteiger partial charge in [0.05, 0.1) is 13.7 Å². The van der Waals surface area contributed by atoms with Gasteiger partial charge in [0.25, 0.3) is 5.91 Å². The van der Waals surface area contributed by atoms with Crippen LogP contribution in [0.3, 0.4) is 0 Å². The summed E-state index contributed by atoms with van der Waals surface area (Å²) in [5, 5.41) is 4.39. The predicted octanol–water partition coefficient (Wildman–Crippen LogP) is 1.80. The van der Waals surface area contributed by atoms with E-state index in [0.29, 0.717) is 12.2 Å². The van der Waals surface area contributed by atoms with Gasteiger partial charge in [-0.25, -0.2) is 9.18 Å². The molecule has 112 valence electrons. The van der Waals surface area contributed by atoms with Crippen LogP contribution in [-0.4, -0.2) is 25.7 Å². The molecule has 0 radical (unpaired) electrons. The maximum atomic E-state index is 14.0. The Morgan fingerprint density at radius 2 is 2.05 bits per heavy atom. The van der Waals surface area contributed by atoms with E-state index in [4.69, 9.17) is 9.47 Å². The highest BCUT2D eigenvalue weighted by Crippen LogP contribution is 2.32. The maximum absolute atomic E-state index is 14.0. The van der Waals surface area contributed by atoms with Gasteiger partial charge >= 0.3 is 6.03 Å². The molecule has 0 spiro atoms. The summed E-state index contributed by atoms with van der Waals surface area (Å²) in [7, 11) is 1.40. The number of ether oxygens (including phenoxy) is 2. The van der Waals surface area contributed by atoms with E-state index in [9.17, 15) is 14.0 Å². The van der Waals surface area contributed by atoms with Gasteiger partial charge in [0.2, 0.25) is 0 Å². The highest BCUT2D eigenvalue weighted by Gasteiger charge is 2.23. The molecule has 0 atom stereocenters. The van der Waals surface area contributed by atoms with Gasteiger partial charge in [-0.15, -0.1) is 0 Å². The lowest BCUT2D eigenvalue weighted by Crippen LogP contribution is -2.22. The first-order valence-electron chi connectivity index (χ1n) is 6.39. The van der Waals surface area contributed by atoms with Crippen molar-refractivity contribution in [1.29, 1.82) is 0 Å². The van der Waals surface area contributed by atoms with Crippen LogP contribution in [0.25, 0.3) is 6.08 Å². The van der Waals surface area contributed by atoms with Gasteiger partial charge in [-0.2, -0.15) is 0 Å². The third kappa shape index (κ3) is 3.31. The number of carbonyl (C=O) groups is 2. The van der Waals surface area contributed by atoms with Crippen molar-refractivity contribution >= 4 is 18.0 Å². The number of halogens is 1. The molecule has 1 aromatic carbocycles. The van der Waals surface area contributed by atoms with Gasteiger partial charge in [-0.05, 0) is 30.2 Å². The minimum atomic E-state index is -0.610. The lowest BCUT2D eigenvalue weighted by molar-refractivity contribution is -0.115. The van der Waals surface area contributed by atoms with E-state index in [1.165, 1.54) is 25.3 Å². The second-order valence-electron chi connectivity index (χ2n) is 4.35. The van der Waals surface area contributed by atoms with Crippen LogP contribution in [0.5, 0.6) is 11.5 Å². The van der Waals surface area contributed by atoms with Crippen LogP contribution >= 0.6 is 0 Å². The van der Waals surface area contributed by atoms with E-state index in [1.54, 1.807) is 0 Å². The average Bonchev–Trinajstić information content (AvgIpc) is 2.75. The number of rotatable bonds is 5. The highest BCUT2D eigenvalue weighted by molar-refractivity contribution is 6.14. The third-order valence-corrected chi connectivity index (χ3v) is 2.73. The normalized spacial score (nSPS) is 15.9. The molecule has 1 aliphatic heterocycles. The van der Waals surface area contributed by atoms with Gasteiger partial charge in [0.15, 0.2) is 17.3 Å². The molecular formula is C14H15FN2O4. The van der Waals surface area contributed by atoms with Crippen molar-refractivity contribution in [1.82, 2.24) is 10.6 Å². The van der Waals surface area contributed by atoms with Gasteiger partial charge < -0.3 is 14.8 Å². The van der Waals surface area contributed by atoms with Crippen LogP contribution in [0.15, 0.2) is 17.8 Å². The lowest BCUT2D eigenvalue weighted by atomic mass is 10.1. The van der Waals surface area contributed by atoms with Gasteiger partial charge in [0.1, 0.15) is 5.70 Å². The number of hydrogen-bond donors (Lipinski definition) is 2. The molecule has 1 aliphatic rings. The van der Waals surface area contributed by atoms with E-state index < -0.39 is 17.8 Å². The van der Waals surface area contributed by atoms with Crippen LogP contribution in [0, 0.1) is 5.82 Å². The average molecular weight is 294 g/mol. The minimum Gasteiger partial charge on any atom is -0.493 e. The lowest BCUT2D eigenvalue weighted by Gasteiger charge is -2.12. The topological polar surface area (TPSA) is 76.7 Å². The van der Waals surface area contributed by atoms with Crippen molar-refractivity contribution < 1.29 is 23.5 Å². The Labute approximate surface area is 120 Å². The molecule has 0 unspecified atom stereocenters. The van der Waals surface area contributed by atoms with Crippen LogP contribution in [0.1, 0.15) is 18.9 Å². The standard InChI is InChI=1S/C14H15FN2O4/c1-3-4-21-12-9(15)5-8(7-11(12)20-2)6-10-13(18)17-14(19)16-10/h5-7H,3-4H2,1-2H3,(H2,16,17,18,19). The summed E-state index contributed by atoms with van der Waals surface area (Å²) >= 11 is 0. The van der Waals surface area contributed by atoms with Crippen LogP contribution in [0.4, 0.5) is 9.18 Å². The Morgan fingerprint density at radius 3 is 2.62 bits per heavy atom. The Kier molecular flexibility index (Phi) is 4.42. The molecule has 0 saturated carbocycles. The summed E-state index contributed by atoms with van der Waals surface area (Å²) in [4.78, 5) is 22.4. The maximum Gasteiger partial charge on any atom is 0.326 e. The number of benzene rings is 1. The fourth-order valence-corrected chi connectivity index (χ4v) is 1.82. The number of hydrogen-bond acceptors (Lipinski definition) is 4. The monoisotopic (exact) mass is 294 g/mol. The van der Waals surface area contributed by atoms with E-state index >= 15 is 0 Å². The molecule has 6 nitrogen and oxygen atoms in total. The molecular weight excluding hydrogens is 279 g/mol. The van der Waals surface area contributed by atoms with Crippen LogP contribution in [0.2, 0.25) is 0 Å². The number of amides is 3. The van der Waals surface area contributed by atoms with Crippen molar-refractivity contribution in [2.24, 2.45) is 0 Å². The Balaban J connectivity index is 2.34. The first-order valence-corrected chi connectivity index (χ1v) is 6.39. The number of urea groups is 1. The molecule has 1 fully saturated rings. The van der Waals surface area contributed by atoms with Crippen molar-refractivity contribution in [2.75, 3.05) is 13.7 Å². The second kappa shape index (κ2) is 6.25. The van der Waals surface area contributed by atoms with E-state index in [2.05, 4.69) is 10.6 Å². The van der Waals surface area contributed by atoms with Crippen LogP contribution < -0.4 is 20.1 Å². The van der Waals surface area contributed by atoms with Crippen molar-refractivity contribution in [3.05, 3.63) is 29.2 Å². The van der Waals surface area contributed by atoms with E-state index in [0.717, 1.165) is 6.42 Å². The SMILES string of the molecule is CCCOc1c(F)cc(C=C2NC(=O)NC2=O)cc1OC.